The number of likely N-dealkylation sites (N-methyl/N-ethyl adjacent to an activating group) is 1. The maximum absolute atomic E-state index is 12.7. The third-order valence-corrected chi connectivity index (χ3v) is 4.26. The number of hydrogen-bond donors (Lipinski definition) is 2. The maximum atomic E-state index is 12.7. The van der Waals surface area contributed by atoms with Crippen molar-refractivity contribution < 1.29 is 14.3 Å². The van der Waals surface area contributed by atoms with E-state index in [-0.39, 0.29) is 18.4 Å². The molecule has 2 amide bonds. The molecule has 0 aromatic heterocycles. The molecule has 0 bridgehead atoms. The predicted octanol–water partition coefficient (Wildman–Crippen LogP) is 1.51. The summed E-state index contributed by atoms with van der Waals surface area (Å²) in [6, 6.07) is 6.88. The van der Waals surface area contributed by atoms with E-state index in [1.807, 2.05) is 0 Å². The normalized spacial score (nSPS) is 16.7. The molecule has 1 heterocycles. The molecule has 7 heteroatoms. The standard InChI is InChI=1S/C16H22ClN3O3/c1-20(15(22)16(23-2)6-8-18-9-7-16)11-14(21)19-13-5-3-4-12(17)10-13/h3-5,10,18H,6-9,11H2,1-2H3,(H,19,21). The summed E-state index contributed by atoms with van der Waals surface area (Å²) < 4.78 is 5.50. The van der Waals surface area contributed by atoms with E-state index in [1.165, 1.54) is 4.90 Å². The van der Waals surface area contributed by atoms with Gasteiger partial charge in [-0.1, -0.05) is 17.7 Å². The zero-order chi connectivity index (χ0) is 16.9. The van der Waals surface area contributed by atoms with Crippen LogP contribution < -0.4 is 10.6 Å². The number of anilines is 1. The lowest BCUT2D eigenvalue weighted by Crippen LogP contribution is -2.55. The lowest BCUT2D eigenvalue weighted by Gasteiger charge is -2.37. The number of nitrogens with zero attached hydrogens (tertiary/aromatic N) is 1. The molecular weight excluding hydrogens is 318 g/mol. The van der Waals surface area contributed by atoms with Crippen LogP contribution >= 0.6 is 11.6 Å². The highest BCUT2D eigenvalue weighted by Crippen LogP contribution is 2.24. The SMILES string of the molecule is COC1(C(=O)N(C)CC(=O)Nc2cccc(Cl)c2)CCNCC1. The molecule has 0 radical (unpaired) electrons. The third kappa shape index (κ3) is 4.43. The van der Waals surface area contributed by atoms with E-state index in [2.05, 4.69) is 10.6 Å². The molecule has 23 heavy (non-hydrogen) atoms. The van der Waals surface area contributed by atoms with Crippen LogP contribution in [0.25, 0.3) is 0 Å². The average molecular weight is 340 g/mol. The summed E-state index contributed by atoms with van der Waals surface area (Å²) in [4.78, 5) is 26.2. The van der Waals surface area contributed by atoms with Crippen LogP contribution in [-0.2, 0) is 14.3 Å². The molecule has 2 N–H and O–H groups in total. The van der Waals surface area contributed by atoms with E-state index >= 15 is 0 Å². The van der Waals surface area contributed by atoms with Crippen molar-refractivity contribution in [3.05, 3.63) is 29.3 Å². The molecule has 1 fully saturated rings. The molecule has 0 unspecified atom stereocenters. The van der Waals surface area contributed by atoms with Crippen molar-refractivity contribution >= 4 is 29.1 Å². The van der Waals surface area contributed by atoms with Crippen LogP contribution in [0.4, 0.5) is 5.69 Å². The van der Waals surface area contributed by atoms with E-state index in [1.54, 1.807) is 38.4 Å². The Labute approximate surface area is 141 Å². The topological polar surface area (TPSA) is 70.7 Å². The van der Waals surface area contributed by atoms with Crippen LogP contribution in [0.1, 0.15) is 12.8 Å². The predicted molar refractivity (Wildman–Crippen MR) is 89.6 cm³/mol. The number of ether oxygens (including phenoxy) is 1. The Kier molecular flexibility index (Phi) is 5.98. The smallest absolute Gasteiger partial charge is 0.255 e. The number of carbonyl (C=O) groups is 2. The van der Waals surface area contributed by atoms with Crippen LogP contribution in [-0.4, -0.2) is 56.1 Å². The molecule has 0 spiro atoms. The highest BCUT2D eigenvalue weighted by molar-refractivity contribution is 6.30. The first-order valence-corrected chi connectivity index (χ1v) is 7.91. The Balaban J connectivity index is 1.95. The van der Waals surface area contributed by atoms with Crippen LogP contribution in [0.2, 0.25) is 5.02 Å². The van der Waals surface area contributed by atoms with Gasteiger partial charge in [0, 0.05) is 24.9 Å². The first-order valence-electron chi connectivity index (χ1n) is 7.54. The van der Waals surface area contributed by atoms with Crippen molar-refractivity contribution in [3.8, 4) is 0 Å². The number of carbonyl (C=O) groups excluding carboxylic acids is 2. The Morgan fingerprint density at radius 3 is 2.70 bits per heavy atom. The Morgan fingerprint density at radius 1 is 1.39 bits per heavy atom. The first kappa shape index (κ1) is 17.7. The van der Waals surface area contributed by atoms with Gasteiger partial charge in [-0.05, 0) is 44.1 Å². The van der Waals surface area contributed by atoms with Crippen molar-refractivity contribution in [2.24, 2.45) is 0 Å². The lowest BCUT2D eigenvalue weighted by molar-refractivity contribution is -0.157. The highest BCUT2D eigenvalue weighted by atomic mass is 35.5. The second-order valence-corrected chi connectivity index (χ2v) is 6.10. The second-order valence-electron chi connectivity index (χ2n) is 5.67. The Bertz CT molecular complexity index is 573. The van der Waals surface area contributed by atoms with Crippen molar-refractivity contribution in [1.29, 1.82) is 0 Å². The van der Waals surface area contributed by atoms with Gasteiger partial charge >= 0.3 is 0 Å². The second kappa shape index (κ2) is 7.77. The molecule has 126 valence electrons. The summed E-state index contributed by atoms with van der Waals surface area (Å²) in [7, 11) is 3.16. The molecule has 6 nitrogen and oxygen atoms in total. The first-order chi connectivity index (χ1) is 11.0. The molecule has 0 saturated carbocycles. The van der Waals surface area contributed by atoms with Crippen LogP contribution in [0.5, 0.6) is 0 Å². The van der Waals surface area contributed by atoms with Crippen molar-refractivity contribution in [1.82, 2.24) is 10.2 Å². The van der Waals surface area contributed by atoms with Gasteiger partial charge in [-0.2, -0.15) is 0 Å². The van der Waals surface area contributed by atoms with Gasteiger partial charge < -0.3 is 20.3 Å². The number of benzene rings is 1. The monoisotopic (exact) mass is 339 g/mol. The number of halogens is 1. The number of piperidine rings is 1. The van der Waals surface area contributed by atoms with Crippen LogP contribution in [0.3, 0.4) is 0 Å². The molecule has 1 aromatic rings. The molecule has 0 aliphatic carbocycles. The fourth-order valence-corrected chi connectivity index (χ4v) is 2.93. The van der Waals surface area contributed by atoms with E-state index in [4.69, 9.17) is 16.3 Å². The summed E-state index contributed by atoms with van der Waals surface area (Å²) in [5, 5.41) is 6.48. The van der Waals surface area contributed by atoms with E-state index in [9.17, 15) is 9.59 Å². The number of rotatable bonds is 5. The summed E-state index contributed by atoms with van der Waals surface area (Å²) in [5.74, 6) is -0.439. The highest BCUT2D eigenvalue weighted by Gasteiger charge is 2.41. The largest absolute Gasteiger partial charge is 0.368 e. The van der Waals surface area contributed by atoms with Gasteiger partial charge in [0.05, 0.1) is 6.54 Å². The number of hydrogen-bond acceptors (Lipinski definition) is 4. The van der Waals surface area contributed by atoms with Gasteiger partial charge in [0.25, 0.3) is 5.91 Å². The van der Waals surface area contributed by atoms with Gasteiger partial charge in [0.1, 0.15) is 5.60 Å². The molecule has 1 aromatic carbocycles. The molecular formula is C16H22ClN3O3. The minimum atomic E-state index is -0.837. The Morgan fingerprint density at radius 2 is 2.09 bits per heavy atom. The van der Waals surface area contributed by atoms with Crippen LogP contribution in [0, 0.1) is 0 Å². The lowest BCUT2D eigenvalue weighted by atomic mass is 9.90. The van der Waals surface area contributed by atoms with E-state index < -0.39 is 5.60 Å². The van der Waals surface area contributed by atoms with Crippen LogP contribution in [0.15, 0.2) is 24.3 Å². The minimum absolute atomic E-state index is 0.0378. The van der Waals surface area contributed by atoms with Gasteiger partial charge in [-0.3, -0.25) is 9.59 Å². The number of amides is 2. The fourth-order valence-electron chi connectivity index (χ4n) is 2.74. The summed E-state index contributed by atoms with van der Waals surface area (Å²) in [5.41, 5.74) is -0.234. The zero-order valence-electron chi connectivity index (χ0n) is 13.4. The van der Waals surface area contributed by atoms with Crippen molar-refractivity contribution in [3.63, 3.8) is 0 Å². The summed E-state index contributed by atoms with van der Waals surface area (Å²) in [6.07, 6.45) is 1.20. The maximum Gasteiger partial charge on any atom is 0.255 e. The third-order valence-electron chi connectivity index (χ3n) is 4.03. The summed E-state index contributed by atoms with van der Waals surface area (Å²) in [6.45, 7) is 1.41. The number of methoxy groups -OCH3 is 1. The molecule has 0 atom stereocenters. The van der Waals surface area contributed by atoms with Gasteiger partial charge in [0.15, 0.2) is 0 Å². The zero-order valence-corrected chi connectivity index (χ0v) is 14.2. The quantitative estimate of drug-likeness (QED) is 0.853. The number of nitrogens with one attached hydrogen (secondary N) is 2. The fraction of sp³-hybridized carbons (Fsp3) is 0.500. The molecule has 1 aliphatic heterocycles. The van der Waals surface area contributed by atoms with E-state index in [0.29, 0.717) is 23.6 Å². The molecule has 2 rings (SSSR count). The minimum Gasteiger partial charge on any atom is -0.368 e. The van der Waals surface area contributed by atoms with Gasteiger partial charge in [0.2, 0.25) is 5.91 Å². The van der Waals surface area contributed by atoms with Crippen molar-refractivity contribution in [2.45, 2.75) is 18.4 Å². The van der Waals surface area contributed by atoms with E-state index in [0.717, 1.165) is 13.1 Å². The molecule has 1 saturated heterocycles. The Hall–Kier alpha value is -1.63. The van der Waals surface area contributed by atoms with Gasteiger partial charge in [-0.15, -0.1) is 0 Å². The molecule has 1 aliphatic rings. The van der Waals surface area contributed by atoms with Crippen molar-refractivity contribution in [2.75, 3.05) is 39.1 Å². The average Bonchev–Trinajstić information content (AvgIpc) is 2.54. The summed E-state index contributed by atoms with van der Waals surface area (Å²) >= 11 is 5.88. The van der Waals surface area contributed by atoms with Gasteiger partial charge in [-0.25, -0.2) is 0 Å².